The van der Waals surface area contributed by atoms with Gasteiger partial charge in [-0.3, -0.25) is 14.5 Å². The largest absolute Gasteiger partial charge is 0.450 e. The zero-order chi connectivity index (χ0) is 22.7. The van der Waals surface area contributed by atoms with Crippen molar-refractivity contribution in [3.05, 3.63) is 40.6 Å². The van der Waals surface area contributed by atoms with Gasteiger partial charge in [0.25, 0.3) is 11.8 Å². The number of hydrogen-bond acceptors (Lipinski definition) is 6. The van der Waals surface area contributed by atoms with Gasteiger partial charge in [0.05, 0.1) is 18.8 Å². The molecule has 1 saturated heterocycles. The number of ether oxygens (including phenoxy) is 1. The zero-order valence-electron chi connectivity index (χ0n) is 18.7. The highest BCUT2D eigenvalue weighted by atomic mass is 16.6. The Labute approximate surface area is 183 Å². The van der Waals surface area contributed by atoms with Crippen LogP contribution in [0.3, 0.4) is 0 Å². The number of carbonyl (C=O) groups is 3. The Morgan fingerprint density at radius 1 is 1.19 bits per heavy atom. The van der Waals surface area contributed by atoms with Crippen LogP contribution in [0.5, 0.6) is 0 Å². The molecule has 2 aliphatic heterocycles. The SMILES string of the molecule is CCOC(=O)N1CCC(N2C(=O)C(c3ccc(C)cc3C)=C(N(C)CCO)C2=O)CC1. The summed E-state index contributed by atoms with van der Waals surface area (Å²) in [5, 5.41) is 9.41. The quantitative estimate of drug-likeness (QED) is 0.695. The number of hydrogen-bond donors (Lipinski definition) is 1. The van der Waals surface area contributed by atoms with Crippen LogP contribution in [0.1, 0.15) is 36.5 Å². The van der Waals surface area contributed by atoms with Crippen LogP contribution >= 0.6 is 0 Å². The second-order valence-electron chi connectivity index (χ2n) is 8.08. The summed E-state index contributed by atoms with van der Waals surface area (Å²) in [6, 6.07) is 5.51. The van der Waals surface area contributed by atoms with E-state index >= 15 is 0 Å². The number of aliphatic hydroxyl groups is 1. The molecule has 3 rings (SSSR count). The number of likely N-dealkylation sites (tertiary alicyclic amines) is 1. The van der Waals surface area contributed by atoms with E-state index in [2.05, 4.69) is 0 Å². The van der Waals surface area contributed by atoms with Gasteiger partial charge in [-0.1, -0.05) is 23.8 Å². The fraction of sp³-hybridized carbons (Fsp3) is 0.522. The summed E-state index contributed by atoms with van der Waals surface area (Å²) in [5.41, 5.74) is 3.43. The minimum Gasteiger partial charge on any atom is -0.450 e. The van der Waals surface area contributed by atoms with Crippen LogP contribution in [0.2, 0.25) is 0 Å². The fourth-order valence-electron chi connectivity index (χ4n) is 4.34. The molecule has 0 aromatic heterocycles. The summed E-state index contributed by atoms with van der Waals surface area (Å²) < 4.78 is 5.06. The van der Waals surface area contributed by atoms with Gasteiger partial charge >= 0.3 is 6.09 Å². The molecule has 8 nitrogen and oxygen atoms in total. The molecule has 0 atom stereocenters. The third kappa shape index (κ3) is 4.44. The molecule has 1 N–H and O–H groups in total. The molecule has 168 valence electrons. The van der Waals surface area contributed by atoms with Gasteiger partial charge in [-0.15, -0.1) is 0 Å². The van der Waals surface area contributed by atoms with Crippen LogP contribution in [0, 0.1) is 13.8 Å². The number of amides is 3. The summed E-state index contributed by atoms with van der Waals surface area (Å²) >= 11 is 0. The fourth-order valence-corrected chi connectivity index (χ4v) is 4.34. The van der Waals surface area contributed by atoms with Crippen LogP contribution in [-0.2, 0) is 14.3 Å². The van der Waals surface area contributed by atoms with E-state index in [-0.39, 0.29) is 37.1 Å². The molecule has 0 unspecified atom stereocenters. The smallest absolute Gasteiger partial charge is 0.409 e. The molecule has 0 bridgehead atoms. The first kappa shape index (κ1) is 22.8. The molecule has 1 fully saturated rings. The molecule has 0 saturated carbocycles. The maximum atomic E-state index is 13.5. The topological polar surface area (TPSA) is 90.4 Å². The number of benzene rings is 1. The Morgan fingerprint density at radius 2 is 1.87 bits per heavy atom. The van der Waals surface area contributed by atoms with E-state index in [1.54, 1.807) is 23.8 Å². The first-order chi connectivity index (χ1) is 14.8. The van der Waals surface area contributed by atoms with Crippen LogP contribution < -0.4 is 0 Å². The van der Waals surface area contributed by atoms with Gasteiger partial charge in [0.1, 0.15) is 5.70 Å². The van der Waals surface area contributed by atoms with E-state index in [4.69, 9.17) is 4.74 Å². The number of piperidine rings is 1. The molecule has 1 aromatic carbocycles. The first-order valence-corrected chi connectivity index (χ1v) is 10.7. The van der Waals surface area contributed by atoms with E-state index in [9.17, 15) is 19.5 Å². The van der Waals surface area contributed by atoms with Crippen LogP contribution in [-0.4, -0.2) is 83.7 Å². The lowest BCUT2D eigenvalue weighted by atomic mass is 9.97. The molecule has 1 aromatic rings. The molecular weight excluding hydrogens is 398 g/mol. The highest BCUT2D eigenvalue weighted by molar-refractivity contribution is 6.35. The first-order valence-electron chi connectivity index (χ1n) is 10.7. The molecule has 2 aliphatic rings. The van der Waals surface area contributed by atoms with Crippen molar-refractivity contribution in [1.29, 1.82) is 0 Å². The second-order valence-corrected chi connectivity index (χ2v) is 8.08. The predicted octanol–water partition coefficient (Wildman–Crippen LogP) is 1.93. The average molecular weight is 430 g/mol. The maximum Gasteiger partial charge on any atom is 0.409 e. The Bertz CT molecular complexity index is 902. The highest BCUT2D eigenvalue weighted by Crippen LogP contribution is 2.35. The number of likely N-dealkylation sites (N-methyl/N-ethyl adjacent to an activating group) is 1. The monoisotopic (exact) mass is 429 g/mol. The lowest BCUT2D eigenvalue weighted by Crippen LogP contribution is -2.49. The van der Waals surface area contributed by atoms with Crippen LogP contribution in [0.4, 0.5) is 4.79 Å². The number of rotatable bonds is 6. The number of aliphatic hydroxyl groups excluding tert-OH is 1. The third-order valence-electron chi connectivity index (χ3n) is 5.91. The van der Waals surface area contributed by atoms with Crippen LogP contribution in [0.15, 0.2) is 23.9 Å². The molecule has 8 heteroatoms. The van der Waals surface area contributed by atoms with Gasteiger partial charge in [0, 0.05) is 32.7 Å². The van der Waals surface area contributed by atoms with E-state index in [0.717, 1.165) is 16.7 Å². The van der Waals surface area contributed by atoms with Crippen molar-refractivity contribution in [1.82, 2.24) is 14.7 Å². The summed E-state index contributed by atoms with van der Waals surface area (Å²) in [7, 11) is 1.72. The van der Waals surface area contributed by atoms with Crippen molar-refractivity contribution in [3.8, 4) is 0 Å². The van der Waals surface area contributed by atoms with Gasteiger partial charge in [0.2, 0.25) is 0 Å². The maximum absolute atomic E-state index is 13.5. The van der Waals surface area contributed by atoms with Crippen molar-refractivity contribution < 1.29 is 24.2 Å². The Hall–Kier alpha value is -2.87. The van der Waals surface area contributed by atoms with E-state index < -0.39 is 0 Å². The summed E-state index contributed by atoms with van der Waals surface area (Å²) in [6.07, 6.45) is 0.651. The van der Waals surface area contributed by atoms with E-state index in [1.807, 2.05) is 32.0 Å². The lowest BCUT2D eigenvalue weighted by molar-refractivity contribution is -0.141. The van der Waals surface area contributed by atoms with Crippen LogP contribution in [0.25, 0.3) is 5.57 Å². The Balaban J connectivity index is 1.90. The van der Waals surface area contributed by atoms with Crippen molar-refractivity contribution in [3.63, 3.8) is 0 Å². The van der Waals surface area contributed by atoms with E-state index in [0.29, 0.717) is 43.8 Å². The molecule has 0 spiro atoms. The molecular formula is C23H31N3O5. The Kier molecular flexibility index (Phi) is 7.00. The standard InChI is InChI=1S/C23H31N3O5/c1-5-31-23(30)25-10-8-17(9-11-25)26-21(28)19(18-7-6-15(2)14-16(18)3)20(22(26)29)24(4)12-13-27/h6-7,14,17,27H,5,8-13H2,1-4H3. The van der Waals surface area contributed by atoms with Crippen molar-refractivity contribution in [2.45, 2.75) is 39.7 Å². The number of nitrogens with zero attached hydrogens (tertiary/aromatic N) is 3. The van der Waals surface area contributed by atoms with Gasteiger partial charge in [-0.25, -0.2) is 4.79 Å². The number of imide groups is 1. The predicted molar refractivity (Wildman–Crippen MR) is 116 cm³/mol. The third-order valence-corrected chi connectivity index (χ3v) is 5.91. The average Bonchev–Trinajstić information content (AvgIpc) is 2.98. The molecule has 2 heterocycles. The van der Waals surface area contributed by atoms with Gasteiger partial charge in [0.15, 0.2) is 0 Å². The Morgan fingerprint density at radius 3 is 2.45 bits per heavy atom. The van der Waals surface area contributed by atoms with Gasteiger partial charge < -0.3 is 19.6 Å². The van der Waals surface area contributed by atoms with E-state index in [1.165, 1.54) is 4.90 Å². The van der Waals surface area contributed by atoms with Gasteiger partial charge in [-0.2, -0.15) is 0 Å². The zero-order valence-corrected chi connectivity index (χ0v) is 18.7. The lowest BCUT2D eigenvalue weighted by Gasteiger charge is -2.35. The highest BCUT2D eigenvalue weighted by Gasteiger charge is 2.45. The number of carbonyl (C=O) groups excluding carboxylic acids is 3. The summed E-state index contributed by atoms with van der Waals surface area (Å²) in [6.45, 7) is 6.97. The normalized spacial score (nSPS) is 17.6. The van der Waals surface area contributed by atoms with Gasteiger partial charge in [-0.05, 0) is 44.7 Å². The molecule has 3 amide bonds. The molecule has 0 radical (unpaired) electrons. The number of aryl methyl sites for hydroxylation is 2. The molecule has 31 heavy (non-hydrogen) atoms. The summed E-state index contributed by atoms with van der Waals surface area (Å²) in [5.74, 6) is -0.656. The summed E-state index contributed by atoms with van der Waals surface area (Å²) in [4.78, 5) is 43.6. The minimum atomic E-state index is -0.363. The minimum absolute atomic E-state index is 0.125. The second kappa shape index (κ2) is 9.51. The van der Waals surface area contributed by atoms with Crippen molar-refractivity contribution in [2.24, 2.45) is 0 Å². The van der Waals surface area contributed by atoms with Crippen molar-refractivity contribution >= 4 is 23.5 Å². The molecule has 0 aliphatic carbocycles. The van der Waals surface area contributed by atoms with Crippen molar-refractivity contribution in [2.75, 3.05) is 39.9 Å².